The third kappa shape index (κ3) is 8.75. The summed E-state index contributed by atoms with van der Waals surface area (Å²) in [4.78, 5) is 38.3. The number of nitrogens with one attached hydrogen (secondary N) is 1. The van der Waals surface area contributed by atoms with Crippen molar-refractivity contribution in [3.63, 3.8) is 0 Å². The summed E-state index contributed by atoms with van der Waals surface area (Å²) in [6.45, 7) is 5.11. The molecule has 1 amide bonds. The molecule has 1 atom stereocenters. The molecule has 0 fully saturated rings. The standard InChI is InChI=1S/C18H23N3O5/c1-18(2,3)26-17(24)21-15(10-9-14(22)11-20-19)16(23)25-12-13-7-5-4-6-8-13/h4-8,11,15H,9-10,12H2,1-3H3,(H,21,24)/t15-/m0/s1. The second kappa shape index (κ2) is 10.1. The lowest BCUT2D eigenvalue weighted by Crippen LogP contribution is -2.44. The summed E-state index contributed by atoms with van der Waals surface area (Å²) in [5.74, 6) is -1.17. The second-order valence-electron chi connectivity index (χ2n) is 6.54. The summed E-state index contributed by atoms with van der Waals surface area (Å²) in [7, 11) is 0. The number of ketones is 1. The van der Waals surface area contributed by atoms with Crippen molar-refractivity contribution in [2.45, 2.75) is 51.9 Å². The van der Waals surface area contributed by atoms with Crippen molar-refractivity contribution < 1.29 is 28.6 Å². The maximum absolute atomic E-state index is 12.3. The van der Waals surface area contributed by atoms with E-state index >= 15 is 0 Å². The Hall–Kier alpha value is -2.99. The highest BCUT2D eigenvalue weighted by Gasteiger charge is 2.26. The highest BCUT2D eigenvalue weighted by atomic mass is 16.6. The van der Waals surface area contributed by atoms with Gasteiger partial charge < -0.3 is 20.3 Å². The highest BCUT2D eigenvalue weighted by molar-refractivity contribution is 6.25. The van der Waals surface area contributed by atoms with Crippen LogP contribution in [0.25, 0.3) is 5.53 Å². The minimum Gasteiger partial charge on any atom is -0.459 e. The van der Waals surface area contributed by atoms with E-state index < -0.39 is 29.5 Å². The molecule has 0 heterocycles. The summed E-state index contributed by atoms with van der Waals surface area (Å²) in [5, 5.41) is 2.41. The molecule has 1 aromatic rings. The molecule has 8 nitrogen and oxygen atoms in total. The lowest BCUT2D eigenvalue weighted by molar-refractivity contribution is -0.147. The zero-order valence-corrected chi connectivity index (χ0v) is 15.1. The number of alkyl carbamates (subject to hydrolysis) is 1. The van der Waals surface area contributed by atoms with Crippen molar-refractivity contribution in [3.05, 3.63) is 41.4 Å². The third-order valence-electron chi connectivity index (χ3n) is 3.08. The van der Waals surface area contributed by atoms with Crippen LogP contribution in [0.2, 0.25) is 0 Å². The summed E-state index contributed by atoms with van der Waals surface area (Å²) < 4.78 is 10.3. The van der Waals surface area contributed by atoms with Crippen molar-refractivity contribution in [2.75, 3.05) is 0 Å². The molecule has 0 saturated carbocycles. The van der Waals surface area contributed by atoms with Gasteiger partial charge in [0, 0.05) is 6.42 Å². The molecular formula is C18H23N3O5. The average Bonchev–Trinajstić information content (AvgIpc) is 2.56. The molecule has 0 aliphatic heterocycles. The first kappa shape index (κ1) is 21.1. The Morgan fingerprint density at radius 2 is 1.88 bits per heavy atom. The first-order valence-corrected chi connectivity index (χ1v) is 8.11. The minimum absolute atomic E-state index is 0.0162. The monoisotopic (exact) mass is 361 g/mol. The third-order valence-corrected chi connectivity index (χ3v) is 3.08. The van der Waals surface area contributed by atoms with Gasteiger partial charge >= 0.3 is 18.3 Å². The van der Waals surface area contributed by atoms with Crippen LogP contribution in [0, 0.1) is 0 Å². The number of amides is 1. The largest absolute Gasteiger partial charge is 0.459 e. The lowest BCUT2D eigenvalue weighted by Gasteiger charge is -2.22. The van der Waals surface area contributed by atoms with Crippen molar-refractivity contribution in [2.24, 2.45) is 0 Å². The van der Waals surface area contributed by atoms with Crippen LogP contribution in [0.15, 0.2) is 30.3 Å². The van der Waals surface area contributed by atoms with Crippen LogP contribution in [-0.2, 0) is 25.7 Å². The number of Topliss-reactive ketones (excluding diaryl/α,β-unsaturated/α-hetero) is 1. The molecule has 1 rings (SSSR count). The van der Waals surface area contributed by atoms with Crippen molar-refractivity contribution >= 4 is 24.1 Å². The van der Waals surface area contributed by atoms with Gasteiger partial charge in [-0.05, 0) is 32.8 Å². The van der Waals surface area contributed by atoms with Gasteiger partial charge in [0.15, 0.2) is 0 Å². The number of nitrogens with zero attached hydrogens (tertiary/aromatic N) is 2. The Labute approximate surface area is 152 Å². The summed E-state index contributed by atoms with van der Waals surface area (Å²) in [6, 6.07) is 7.99. The van der Waals surface area contributed by atoms with Crippen LogP contribution in [0.3, 0.4) is 0 Å². The number of hydrogen-bond acceptors (Lipinski definition) is 5. The van der Waals surface area contributed by atoms with Gasteiger partial charge in [-0.3, -0.25) is 4.79 Å². The molecule has 140 valence electrons. The van der Waals surface area contributed by atoms with Gasteiger partial charge in [0.2, 0.25) is 5.78 Å². The summed E-state index contributed by atoms with van der Waals surface area (Å²) >= 11 is 0. The maximum Gasteiger partial charge on any atom is 0.408 e. The fourth-order valence-electron chi connectivity index (χ4n) is 1.94. The van der Waals surface area contributed by atoms with E-state index in [1.165, 1.54) is 0 Å². The van der Waals surface area contributed by atoms with E-state index in [2.05, 4.69) is 10.1 Å². The molecule has 0 unspecified atom stereocenters. The van der Waals surface area contributed by atoms with Crippen molar-refractivity contribution in [1.29, 1.82) is 0 Å². The second-order valence-corrected chi connectivity index (χ2v) is 6.54. The zero-order chi connectivity index (χ0) is 19.6. The molecule has 1 N–H and O–H groups in total. The van der Waals surface area contributed by atoms with Gasteiger partial charge in [-0.2, -0.15) is 4.79 Å². The molecule has 0 radical (unpaired) electrons. The SMILES string of the molecule is CC(C)(C)OC(=O)N[C@@H](CCC(=O)C=[N+]=[N-])C(=O)OCc1ccccc1. The van der Waals surface area contributed by atoms with Gasteiger partial charge in [0.25, 0.3) is 0 Å². The summed E-state index contributed by atoms with van der Waals surface area (Å²) in [5.41, 5.74) is 8.42. The molecule has 0 aliphatic carbocycles. The number of rotatable bonds is 8. The Kier molecular flexibility index (Phi) is 8.18. The Morgan fingerprint density at radius 1 is 1.23 bits per heavy atom. The molecule has 26 heavy (non-hydrogen) atoms. The van der Waals surface area contributed by atoms with E-state index in [-0.39, 0.29) is 19.4 Å². The maximum atomic E-state index is 12.3. The zero-order valence-electron chi connectivity index (χ0n) is 15.1. The quantitative estimate of drug-likeness (QED) is 0.330. The molecule has 1 aromatic carbocycles. The van der Waals surface area contributed by atoms with Crippen LogP contribution in [0.1, 0.15) is 39.2 Å². The minimum atomic E-state index is -1.07. The van der Waals surface area contributed by atoms with E-state index in [1.54, 1.807) is 32.9 Å². The first-order chi connectivity index (χ1) is 12.2. The van der Waals surface area contributed by atoms with Gasteiger partial charge in [-0.1, -0.05) is 30.3 Å². The van der Waals surface area contributed by atoms with E-state index in [0.717, 1.165) is 11.8 Å². The number of carbonyl (C=O) groups excluding carboxylic acids is 3. The first-order valence-electron chi connectivity index (χ1n) is 8.11. The van der Waals surface area contributed by atoms with Gasteiger partial charge in [0.05, 0.1) is 0 Å². The number of esters is 1. The summed E-state index contributed by atoms with van der Waals surface area (Å²) in [6.07, 6.45) is -0.176. The van der Waals surface area contributed by atoms with E-state index in [0.29, 0.717) is 0 Å². The Bertz CT molecular complexity index is 676. The van der Waals surface area contributed by atoms with Crippen LogP contribution in [0.5, 0.6) is 0 Å². The van der Waals surface area contributed by atoms with Crippen LogP contribution < -0.4 is 5.32 Å². The topological polar surface area (TPSA) is 118 Å². The van der Waals surface area contributed by atoms with E-state index in [4.69, 9.17) is 15.0 Å². The smallest absolute Gasteiger partial charge is 0.408 e. The molecular weight excluding hydrogens is 338 g/mol. The molecule has 0 aromatic heterocycles. The normalized spacial score (nSPS) is 11.7. The highest BCUT2D eigenvalue weighted by Crippen LogP contribution is 2.09. The Balaban J connectivity index is 2.70. The van der Waals surface area contributed by atoms with Gasteiger partial charge in [0.1, 0.15) is 18.2 Å². The molecule has 0 aliphatic rings. The van der Waals surface area contributed by atoms with Gasteiger partial charge in [-0.15, -0.1) is 0 Å². The molecule has 0 saturated heterocycles. The van der Waals surface area contributed by atoms with E-state index in [9.17, 15) is 14.4 Å². The predicted octanol–water partition coefficient (Wildman–Crippen LogP) is 2.27. The lowest BCUT2D eigenvalue weighted by atomic mass is 10.1. The van der Waals surface area contributed by atoms with Crippen LogP contribution in [-0.4, -0.2) is 40.5 Å². The van der Waals surface area contributed by atoms with Crippen LogP contribution in [0.4, 0.5) is 4.79 Å². The number of benzene rings is 1. The fraction of sp³-hybridized carbons (Fsp3) is 0.444. The molecule has 0 bridgehead atoms. The van der Waals surface area contributed by atoms with Crippen LogP contribution >= 0.6 is 0 Å². The van der Waals surface area contributed by atoms with Crippen molar-refractivity contribution in [3.8, 4) is 0 Å². The fourth-order valence-corrected chi connectivity index (χ4v) is 1.94. The average molecular weight is 361 g/mol. The predicted molar refractivity (Wildman–Crippen MR) is 93.3 cm³/mol. The number of hydrogen-bond donors (Lipinski definition) is 1. The molecule has 0 spiro atoms. The number of carbonyl (C=O) groups is 3. The van der Waals surface area contributed by atoms with Crippen molar-refractivity contribution in [1.82, 2.24) is 5.32 Å². The molecule has 8 heteroatoms. The Morgan fingerprint density at radius 3 is 2.46 bits per heavy atom. The van der Waals surface area contributed by atoms with E-state index in [1.807, 2.05) is 18.2 Å². The number of ether oxygens (including phenoxy) is 2. The van der Waals surface area contributed by atoms with Gasteiger partial charge in [-0.25, -0.2) is 9.59 Å².